The number of hydrogen-bond donors (Lipinski definition) is 0. The van der Waals surface area contributed by atoms with E-state index in [1.54, 1.807) is 6.07 Å². The number of benzene rings is 1. The Bertz CT molecular complexity index is 366. The quantitative estimate of drug-likeness (QED) is 0.848. The predicted octanol–water partition coefficient (Wildman–Crippen LogP) is 3.41. The van der Waals surface area contributed by atoms with E-state index >= 15 is 0 Å². The third-order valence-corrected chi connectivity index (χ3v) is 2.12. The first kappa shape index (κ1) is 13.3. The van der Waals surface area contributed by atoms with Crippen molar-refractivity contribution in [2.75, 3.05) is 14.1 Å². The van der Waals surface area contributed by atoms with Gasteiger partial charge in [0.2, 0.25) is 0 Å². The van der Waals surface area contributed by atoms with Crippen LogP contribution in [0, 0.1) is 0 Å². The number of nitrogens with zero attached hydrogens (tertiary/aromatic N) is 1. The van der Waals surface area contributed by atoms with E-state index < -0.39 is 6.36 Å². The maximum absolute atomic E-state index is 12.0. The molecule has 0 aliphatic rings. The molecule has 0 saturated heterocycles. The van der Waals surface area contributed by atoms with Gasteiger partial charge in [0.25, 0.3) is 0 Å². The molecule has 0 amide bonds. The van der Waals surface area contributed by atoms with Crippen molar-refractivity contribution >= 4 is 15.9 Å². The zero-order valence-corrected chi connectivity index (χ0v) is 10.4. The van der Waals surface area contributed by atoms with Crippen molar-refractivity contribution in [1.29, 1.82) is 0 Å². The van der Waals surface area contributed by atoms with E-state index in [2.05, 4.69) is 20.7 Å². The molecule has 0 fully saturated rings. The van der Waals surface area contributed by atoms with Crippen LogP contribution < -0.4 is 4.74 Å². The van der Waals surface area contributed by atoms with Crippen LogP contribution in [0.3, 0.4) is 0 Å². The largest absolute Gasteiger partial charge is 0.573 e. The van der Waals surface area contributed by atoms with Gasteiger partial charge in [0, 0.05) is 11.0 Å². The van der Waals surface area contributed by atoms with Crippen LogP contribution in [0.1, 0.15) is 5.56 Å². The van der Waals surface area contributed by atoms with Crippen LogP contribution in [-0.2, 0) is 6.54 Å². The fourth-order valence-corrected chi connectivity index (χ4v) is 1.79. The smallest absolute Gasteiger partial charge is 0.406 e. The van der Waals surface area contributed by atoms with Crippen molar-refractivity contribution in [3.63, 3.8) is 0 Å². The number of hydrogen-bond acceptors (Lipinski definition) is 2. The zero-order valence-electron chi connectivity index (χ0n) is 8.81. The lowest BCUT2D eigenvalue weighted by molar-refractivity contribution is -0.274. The molecule has 6 heteroatoms. The molecule has 0 aromatic heterocycles. The van der Waals surface area contributed by atoms with Gasteiger partial charge in [0.05, 0.1) is 0 Å². The lowest BCUT2D eigenvalue weighted by atomic mass is 10.2. The fraction of sp³-hybridized carbons (Fsp3) is 0.400. The maximum Gasteiger partial charge on any atom is 0.573 e. The molecule has 2 nitrogen and oxygen atoms in total. The van der Waals surface area contributed by atoms with Crippen LogP contribution >= 0.6 is 15.9 Å². The lowest BCUT2D eigenvalue weighted by Gasteiger charge is -2.13. The summed E-state index contributed by atoms with van der Waals surface area (Å²) in [5.74, 6) is -0.210. The Balaban J connectivity index is 2.90. The molecule has 0 saturated carbocycles. The van der Waals surface area contributed by atoms with Crippen LogP contribution in [0.15, 0.2) is 22.7 Å². The van der Waals surface area contributed by atoms with Gasteiger partial charge in [0.1, 0.15) is 5.75 Å². The van der Waals surface area contributed by atoms with Crippen LogP contribution in [-0.4, -0.2) is 25.4 Å². The number of alkyl halides is 3. The van der Waals surface area contributed by atoms with Gasteiger partial charge < -0.3 is 9.64 Å². The van der Waals surface area contributed by atoms with E-state index in [9.17, 15) is 13.2 Å². The Morgan fingerprint density at radius 2 is 1.88 bits per heavy atom. The first-order valence-electron chi connectivity index (χ1n) is 4.46. The van der Waals surface area contributed by atoms with E-state index in [0.29, 0.717) is 11.0 Å². The summed E-state index contributed by atoms with van der Waals surface area (Å²) in [6.07, 6.45) is -4.66. The summed E-state index contributed by atoms with van der Waals surface area (Å²) < 4.78 is 40.5. The van der Waals surface area contributed by atoms with Crippen LogP contribution in [0.4, 0.5) is 13.2 Å². The maximum atomic E-state index is 12.0. The van der Waals surface area contributed by atoms with Crippen LogP contribution in [0.2, 0.25) is 0 Å². The highest BCUT2D eigenvalue weighted by Crippen LogP contribution is 2.27. The van der Waals surface area contributed by atoms with E-state index in [1.165, 1.54) is 12.1 Å². The number of rotatable bonds is 3. The van der Waals surface area contributed by atoms with Crippen molar-refractivity contribution in [2.24, 2.45) is 0 Å². The average Bonchev–Trinajstić information content (AvgIpc) is 1.96. The third-order valence-electron chi connectivity index (χ3n) is 1.66. The monoisotopic (exact) mass is 297 g/mol. The Labute approximate surface area is 100 Å². The van der Waals surface area contributed by atoms with Gasteiger partial charge in [0.15, 0.2) is 0 Å². The normalized spacial score (nSPS) is 11.9. The highest BCUT2D eigenvalue weighted by Gasteiger charge is 2.31. The Kier molecular flexibility index (Phi) is 4.21. The molecule has 1 rings (SSSR count). The summed E-state index contributed by atoms with van der Waals surface area (Å²) in [6.45, 7) is 0.549. The molecule has 0 atom stereocenters. The molecule has 0 aliphatic carbocycles. The number of halogens is 4. The summed E-state index contributed by atoms with van der Waals surface area (Å²) in [7, 11) is 3.68. The molecule has 0 spiro atoms. The highest BCUT2D eigenvalue weighted by molar-refractivity contribution is 9.10. The van der Waals surface area contributed by atoms with Crippen LogP contribution in [0.25, 0.3) is 0 Å². The summed E-state index contributed by atoms with van der Waals surface area (Å²) in [6, 6.07) is 4.41. The fourth-order valence-electron chi connectivity index (χ4n) is 1.27. The summed E-state index contributed by atoms with van der Waals surface area (Å²) in [5.41, 5.74) is 0.749. The van der Waals surface area contributed by atoms with Crippen molar-refractivity contribution in [2.45, 2.75) is 12.9 Å². The molecule has 0 N–H and O–H groups in total. The Hall–Kier alpha value is -0.750. The topological polar surface area (TPSA) is 12.5 Å². The summed E-state index contributed by atoms with van der Waals surface area (Å²) in [5, 5.41) is 0. The van der Waals surface area contributed by atoms with E-state index in [0.717, 1.165) is 5.56 Å². The highest BCUT2D eigenvalue weighted by atomic mass is 79.9. The Morgan fingerprint density at radius 1 is 1.25 bits per heavy atom. The predicted molar refractivity (Wildman–Crippen MR) is 58.2 cm³/mol. The van der Waals surface area contributed by atoms with E-state index in [4.69, 9.17) is 0 Å². The van der Waals surface area contributed by atoms with Crippen molar-refractivity contribution in [3.8, 4) is 5.75 Å². The summed E-state index contributed by atoms with van der Waals surface area (Å²) in [4.78, 5) is 1.86. The van der Waals surface area contributed by atoms with Crippen molar-refractivity contribution in [3.05, 3.63) is 28.2 Å². The number of ether oxygens (including phenoxy) is 1. The molecule has 0 bridgehead atoms. The molecular formula is C10H11BrF3NO. The first-order chi connectivity index (χ1) is 7.26. The Morgan fingerprint density at radius 3 is 2.38 bits per heavy atom. The first-order valence-corrected chi connectivity index (χ1v) is 5.25. The zero-order chi connectivity index (χ0) is 12.3. The molecular weight excluding hydrogens is 287 g/mol. The van der Waals surface area contributed by atoms with Gasteiger partial charge >= 0.3 is 6.36 Å². The van der Waals surface area contributed by atoms with Crippen molar-refractivity contribution in [1.82, 2.24) is 4.90 Å². The van der Waals surface area contributed by atoms with Gasteiger partial charge in [-0.3, -0.25) is 0 Å². The molecule has 0 heterocycles. The SMILES string of the molecule is CN(C)Cc1cc(Br)cc(OC(F)(F)F)c1. The van der Waals surface area contributed by atoms with E-state index in [-0.39, 0.29) is 5.75 Å². The van der Waals surface area contributed by atoms with Gasteiger partial charge in [-0.1, -0.05) is 15.9 Å². The molecule has 1 aromatic rings. The third kappa shape index (κ3) is 4.85. The molecule has 0 aliphatic heterocycles. The molecule has 0 radical (unpaired) electrons. The minimum Gasteiger partial charge on any atom is -0.406 e. The lowest BCUT2D eigenvalue weighted by Crippen LogP contribution is -2.17. The standard InChI is InChI=1S/C10H11BrF3NO/c1-15(2)6-7-3-8(11)5-9(4-7)16-10(12,13)14/h3-5H,6H2,1-2H3. The van der Waals surface area contributed by atoms with Gasteiger partial charge in [-0.25, -0.2) is 0 Å². The van der Waals surface area contributed by atoms with Gasteiger partial charge in [-0.05, 0) is 37.9 Å². The molecule has 16 heavy (non-hydrogen) atoms. The molecule has 90 valence electrons. The average molecular weight is 298 g/mol. The minimum atomic E-state index is -4.66. The molecule has 0 unspecified atom stereocenters. The molecule has 1 aromatic carbocycles. The second-order valence-electron chi connectivity index (χ2n) is 3.58. The summed E-state index contributed by atoms with van der Waals surface area (Å²) >= 11 is 3.14. The van der Waals surface area contributed by atoms with Crippen molar-refractivity contribution < 1.29 is 17.9 Å². The minimum absolute atomic E-state index is 0.210. The van der Waals surface area contributed by atoms with Gasteiger partial charge in [-0.15, -0.1) is 13.2 Å². The van der Waals surface area contributed by atoms with E-state index in [1.807, 2.05) is 19.0 Å². The second-order valence-corrected chi connectivity index (χ2v) is 4.50. The second kappa shape index (κ2) is 5.05. The van der Waals surface area contributed by atoms with Gasteiger partial charge in [-0.2, -0.15) is 0 Å². The van der Waals surface area contributed by atoms with Crippen LogP contribution in [0.5, 0.6) is 5.75 Å².